The first-order valence-corrected chi connectivity index (χ1v) is 6.09. The average molecular weight is 225 g/mol. The minimum Gasteiger partial charge on any atom is -0.382 e. The van der Waals surface area contributed by atoms with Gasteiger partial charge in [-0.3, -0.25) is 0 Å². The molecule has 0 heterocycles. The molecule has 0 amide bonds. The van der Waals surface area contributed by atoms with Gasteiger partial charge in [-0.1, -0.05) is 42.5 Å². The summed E-state index contributed by atoms with van der Waals surface area (Å²) in [7, 11) is 0. The minimum absolute atomic E-state index is 0.343. The maximum absolute atomic E-state index is 3.47. The van der Waals surface area contributed by atoms with Crippen LogP contribution in [-0.2, 0) is 0 Å². The number of rotatable bonds is 3. The van der Waals surface area contributed by atoms with Crippen LogP contribution in [0.25, 0.3) is 10.8 Å². The Morgan fingerprint density at radius 2 is 1.82 bits per heavy atom. The molecule has 0 aliphatic heterocycles. The van der Waals surface area contributed by atoms with E-state index in [1.807, 2.05) is 0 Å². The SMILES string of the molecule is C/C=C(\C)NC(C)c1ccc2ccccc2c1. The molecule has 2 aromatic carbocycles. The van der Waals surface area contributed by atoms with Crippen LogP contribution in [0.5, 0.6) is 0 Å². The van der Waals surface area contributed by atoms with Crippen LogP contribution in [0.15, 0.2) is 54.2 Å². The van der Waals surface area contributed by atoms with Crippen molar-refractivity contribution >= 4 is 10.8 Å². The first kappa shape index (κ1) is 11.7. The highest BCUT2D eigenvalue weighted by Gasteiger charge is 2.05. The highest BCUT2D eigenvalue weighted by Crippen LogP contribution is 2.20. The summed E-state index contributed by atoms with van der Waals surface area (Å²) >= 11 is 0. The topological polar surface area (TPSA) is 12.0 Å². The zero-order chi connectivity index (χ0) is 12.3. The molecule has 17 heavy (non-hydrogen) atoms. The largest absolute Gasteiger partial charge is 0.382 e. The van der Waals surface area contributed by atoms with E-state index in [0.29, 0.717) is 6.04 Å². The van der Waals surface area contributed by atoms with E-state index in [0.717, 1.165) is 0 Å². The van der Waals surface area contributed by atoms with Crippen molar-refractivity contribution in [2.24, 2.45) is 0 Å². The third-order valence-corrected chi connectivity index (χ3v) is 3.15. The summed E-state index contributed by atoms with van der Waals surface area (Å²) in [5.74, 6) is 0. The molecule has 2 rings (SSSR count). The molecule has 1 N–H and O–H groups in total. The van der Waals surface area contributed by atoms with E-state index in [4.69, 9.17) is 0 Å². The van der Waals surface area contributed by atoms with Gasteiger partial charge in [0.05, 0.1) is 0 Å². The van der Waals surface area contributed by atoms with Gasteiger partial charge in [0, 0.05) is 11.7 Å². The molecule has 0 saturated carbocycles. The Labute approximate surface area is 103 Å². The molecule has 88 valence electrons. The zero-order valence-electron chi connectivity index (χ0n) is 10.7. The lowest BCUT2D eigenvalue weighted by atomic mass is 10.0. The molecular formula is C16H19N. The number of hydrogen-bond donors (Lipinski definition) is 1. The highest BCUT2D eigenvalue weighted by molar-refractivity contribution is 5.83. The Hall–Kier alpha value is -1.76. The van der Waals surface area contributed by atoms with Crippen molar-refractivity contribution in [1.82, 2.24) is 5.32 Å². The summed E-state index contributed by atoms with van der Waals surface area (Å²) in [4.78, 5) is 0. The van der Waals surface area contributed by atoms with E-state index >= 15 is 0 Å². The molecule has 0 bridgehead atoms. The second-order valence-corrected chi connectivity index (χ2v) is 4.44. The average Bonchev–Trinajstić information content (AvgIpc) is 2.38. The highest BCUT2D eigenvalue weighted by atomic mass is 14.9. The van der Waals surface area contributed by atoms with Gasteiger partial charge < -0.3 is 5.32 Å². The van der Waals surface area contributed by atoms with Crippen molar-refractivity contribution in [2.45, 2.75) is 26.8 Å². The summed E-state index contributed by atoms with van der Waals surface area (Å²) in [5.41, 5.74) is 2.54. The van der Waals surface area contributed by atoms with Gasteiger partial charge in [0.2, 0.25) is 0 Å². The number of allylic oxidation sites excluding steroid dienone is 2. The number of hydrogen-bond acceptors (Lipinski definition) is 1. The molecule has 2 aromatic rings. The molecule has 0 radical (unpaired) electrons. The van der Waals surface area contributed by atoms with E-state index in [2.05, 4.69) is 74.6 Å². The maximum atomic E-state index is 3.47. The van der Waals surface area contributed by atoms with E-state index in [9.17, 15) is 0 Å². The van der Waals surface area contributed by atoms with E-state index in [-0.39, 0.29) is 0 Å². The quantitative estimate of drug-likeness (QED) is 0.815. The van der Waals surface area contributed by atoms with Crippen molar-refractivity contribution in [2.75, 3.05) is 0 Å². The Balaban J connectivity index is 2.30. The second-order valence-electron chi connectivity index (χ2n) is 4.44. The van der Waals surface area contributed by atoms with Gasteiger partial charge in [-0.2, -0.15) is 0 Å². The third kappa shape index (κ3) is 2.68. The molecule has 0 aromatic heterocycles. The van der Waals surface area contributed by atoms with E-state index < -0.39 is 0 Å². The van der Waals surface area contributed by atoms with Crippen LogP contribution in [-0.4, -0.2) is 0 Å². The molecule has 0 spiro atoms. The van der Waals surface area contributed by atoms with Crippen LogP contribution in [0.3, 0.4) is 0 Å². The van der Waals surface area contributed by atoms with Crippen LogP contribution in [0, 0.1) is 0 Å². The summed E-state index contributed by atoms with van der Waals surface area (Å²) < 4.78 is 0. The van der Waals surface area contributed by atoms with E-state index in [1.54, 1.807) is 0 Å². The molecule has 0 saturated heterocycles. The zero-order valence-corrected chi connectivity index (χ0v) is 10.7. The number of benzene rings is 2. The Bertz CT molecular complexity index is 540. The molecule has 0 fully saturated rings. The fraction of sp³-hybridized carbons (Fsp3) is 0.250. The second kappa shape index (κ2) is 5.05. The predicted octanol–water partition coefficient (Wildman–Crippen LogP) is 4.41. The molecule has 1 heteroatoms. The maximum Gasteiger partial charge on any atom is 0.0482 e. The van der Waals surface area contributed by atoms with Crippen LogP contribution < -0.4 is 5.32 Å². The van der Waals surface area contributed by atoms with Gasteiger partial charge in [0.15, 0.2) is 0 Å². The number of nitrogens with one attached hydrogen (secondary N) is 1. The van der Waals surface area contributed by atoms with Crippen LogP contribution in [0.4, 0.5) is 0 Å². The van der Waals surface area contributed by atoms with Crippen molar-refractivity contribution in [3.8, 4) is 0 Å². The predicted molar refractivity (Wildman–Crippen MR) is 74.9 cm³/mol. The molecule has 0 aliphatic carbocycles. The normalized spacial score (nSPS) is 13.7. The van der Waals surface area contributed by atoms with Gasteiger partial charge in [-0.05, 0) is 43.2 Å². The van der Waals surface area contributed by atoms with Crippen LogP contribution in [0.1, 0.15) is 32.4 Å². The van der Waals surface area contributed by atoms with Crippen LogP contribution >= 0.6 is 0 Å². The molecular weight excluding hydrogens is 206 g/mol. The lowest BCUT2D eigenvalue weighted by molar-refractivity contribution is 0.653. The van der Waals surface area contributed by atoms with Gasteiger partial charge >= 0.3 is 0 Å². The smallest absolute Gasteiger partial charge is 0.0482 e. The summed E-state index contributed by atoms with van der Waals surface area (Å²) in [6.07, 6.45) is 2.09. The molecule has 1 unspecified atom stereocenters. The molecule has 1 nitrogen and oxygen atoms in total. The van der Waals surface area contributed by atoms with Gasteiger partial charge in [-0.25, -0.2) is 0 Å². The summed E-state index contributed by atoms with van der Waals surface area (Å²) in [6, 6.07) is 15.5. The fourth-order valence-electron chi connectivity index (χ4n) is 1.99. The standard InChI is InChI=1S/C16H19N/c1-4-12(2)17-13(3)15-10-9-14-7-5-6-8-16(14)11-15/h4-11,13,17H,1-3H3/b12-4+. The third-order valence-electron chi connectivity index (χ3n) is 3.15. The molecule has 1 atom stereocenters. The van der Waals surface area contributed by atoms with Crippen molar-refractivity contribution < 1.29 is 0 Å². The number of fused-ring (bicyclic) bond motifs is 1. The van der Waals surface area contributed by atoms with Crippen molar-refractivity contribution in [1.29, 1.82) is 0 Å². The van der Waals surface area contributed by atoms with Gasteiger partial charge in [0.25, 0.3) is 0 Å². The van der Waals surface area contributed by atoms with E-state index in [1.165, 1.54) is 22.0 Å². The van der Waals surface area contributed by atoms with Crippen molar-refractivity contribution in [3.05, 3.63) is 59.8 Å². The Morgan fingerprint density at radius 1 is 1.12 bits per heavy atom. The van der Waals surface area contributed by atoms with Gasteiger partial charge in [0.1, 0.15) is 0 Å². The first-order chi connectivity index (χ1) is 8.20. The Kier molecular flexibility index (Phi) is 3.48. The Morgan fingerprint density at radius 3 is 2.53 bits per heavy atom. The minimum atomic E-state index is 0.343. The molecule has 0 aliphatic rings. The lowest BCUT2D eigenvalue weighted by Gasteiger charge is -2.16. The fourth-order valence-corrected chi connectivity index (χ4v) is 1.99. The van der Waals surface area contributed by atoms with Crippen LogP contribution in [0.2, 0.25) is 0 Å². The van der Waals surface area contributed by atoms with Gasteiger partial charge in [-0.15, -0.1) is 0 Å². The summed E-state index contributed by atoms with van der Waals surface area (Å²) in [5, 5.41) is 6.07. The monoisotopic (exact) mass is 225 g/mol. The lowest BCUT2D eigenvalue weighted by Crippen LogP contribution is -2.16. The first-order valence-electron chi connectivity index (χ1n) is 6.09. The summed E-state index contributed by atoms with van der Waals surface area (Å²) in [6.45, 7) is 6.34. The van der Waals surface area contributed by atoms with Crippen molar-refractivity contribution in [3.63, 3.8) is 0 Å².